The van der Waals surface area contributed by atoms with Gasteiger partial charge in [0.05, 0.1) is 19.9 Å². The number of aromatic nitrogens is 1. The molecule has 0 atom stereocenters. The van der Waals surface area contributed by atoms with Crippen LogP contribution in [0.3, 0.4) is 0 Å². The molecule has 0 spiro atoms. The van der Waals surface area contributed by atoms with Crippen LogP contribution in [0.5, 0.6) is 11.5 Å². The quantitative estimate of drug-likeness (QED) is 0.856. The van der Waals surface area contributed by atoms with Gasteiger partial charge >= 0.3 is 0 Å². The molecular weight excluding hydrogens is 278 g/mol. The van der Waals surface area contributed by atoms with E-state index < -0.39 is 0 Å². The SMILES string of the molecule is COc1cc2c(cc1OC)-c1c(C)c(=O)c(C)c(C)n1CC2. The van der Waals surface area contributed by atoms with Gasteiger partial charge in [-0.25, -0.2) is 0 Å². The Balaban J connectivity index is 2.37. The highest BCUT2D eigenvalue weighted by Crippen LogP contribution is 2.39. The maximum absolute atomic E-state index is 12.5. The average Bonchev–Trinajstić information content (AvgIpc) is 2.55. The van der Waals surface area contributed by atoms with Gasteiger partial charge in [-0.1, -0.05) is 0 Å². The van der Waals surface area contributed by atoms with Crippen molar-refractivity contribution in [1.29, 1.82) is 0 Å². The molecule has 0 radical (unpaired) electrons. The first-order chi connectivity index (χ1) is 10.5. The van der Waals surface area contributed by atoms with Crippen molar-refractivity contribution in [3.8, 4) is 22.8 Å². The number of hydrogen-bond acceptors (Lipinski definition) is 3. The molecule has 2 heterocycles. The third kappa shape index (κ3) is 1.94. The molecule has 0 N–H and O–H groups in total. The van der Waals surface area contributed by atoms with E-state index in [0.717, 1.165) is 46.8 Å². The van der Waals surface area contributed by atoms with Gasteiger partial charge < -0.3 is 14.0 Å². The van der Waals surface area contributed by atoms with Gasteiger partial charge in [0, 0.05) is 28.9 Å². The second-order valence-electron chi connectivity index (χ2n) is 5.78. The number of ether oxygens (including phenoxy) is 2. The molecule has 0 saturated carbocycles. The van der Waals surface area contributed by atoms with E-state index in [4.69, 9.17) is 9.47 Å². The van der Waals surface area contributed by atoms with Gasteiger partial charge in [-0.3, -0.25) is 4.79 Å². The van der Waals surface area contributed by atoms with Gasteiger partial charge in [-0.05, 0) is 44.9 Å². The van der Waals surface area contributed by atoms with Crippen LogP contribution in [0.25, 0.3) is 11.3 Å². The number of rotatable bonds is 2. The smallest absolute Gasteiger partial charge is 0.188 e. The van der Waals surface area contributed by atoms with Gasteiger partial charge in [0.2, 0.25) is 0 Å². The highest BCUT2D eigenvalue weighted by atomic mass is 16.5. The van der Waals surface area contributed by atoms with Gasteiger partial charge in [0.15, 0.2) is 16.9 Å². The monoisotopic (exact) mass is 299 g/mol. The van der Waals surface area contributed by atoms with Crippen molar-refractivity contribution in [2.45, 2.75) is 33.7 Å². The lowest BCUT2D eigenvalue weighted by Gasteiger charge is -2.28. The molecule has 1 aromatic heterocycles. The second kappa shape index (κ2) is 5.20. The maximum Gasteiger partial charge on any atom is 0.188 e. The Bertz CT molecular complexity index is 818. The molecule has 0 bridgehead atoms. The number of fused-ring (bicyclic) bond motifs is 3. The summed E-state index contributed by atoms with van der Waals surface area (Å²) < 4.78 is 13.1. The third-order valence-corrected chi connectivity index (χ3v) is 4.72. The van der Waals surface area contributed by atoms with Gasteiger partial charge in [-0.2, -0.15) is 0 Å². The highest BCUT2D eigenvalue weighted by Gasteiger charge is 2.24. The largest absolute Gasteiger partial charge is 0.493 e. The summed E-state index contributed by atoms with van der Waals surface area (Å²) in [5.74, 6) is 1.43. The molecule has 0 amide bonds. The Morgan fingerprint density at radius 1 is 1.00 bits per heavy atom. The summed E-state index contributed by atoms with van der Waals surface area (Å²) in [4.78, 5) is 12.5. The molecule has 1 aromatic carbocycles. The predicted octanol–water partition coefficient (Wildman–Crippen LogP) is 3.01. The lowest BCUT2D eigenvalue weighted by Crippen LogP contribution is -2.24. The summed E-state index contributed by atoms with van der Waals surface area (Å²) >= 11 is 0. The van der Waals surface area contributed by atoms with E-state index in [1.807, 2.05) is 32.9 Å². The number of benzene rings is 1. The van der Waals surface area contributed by atoms with Crippen LogP contribution in [0, 0.1) is 20.8 Å². The number of nitrogens with zero attached hydrogens (tertiary/aromatic N) is 1. The Morgan fingerprint density at radius 2 is 1.64 bits per heavy atom. The molecule has 2 aromatic rings. The first-order valence-corrected chi connectivity index (χ1v) is 7.45. The summed E-state index contributed by atoms with van der Waals surface area (Å²) in [6.07, 6.45) is 0.922. The molecule has 4 heteroatoms. The topological polar surface area (TPSA) is 40.5 Å². The number of hydrogen-bond donors (Lipinski definition) is 0. The van der Waals surface area contributed by atoms with Crippen LogP contribution in [0.1, 0.15) is 22.4 Å². The lowest BCUT2D eigenvalue weighted by atomic mass is 9.92. The predicted molar refractivity (Wildman–Crippen MR) is 87.2 cm³/mol. The number of pyridine rings is 1. The van der Waals surface area contributed by atoms with E-state index >= 15 is 0 Å². The highest BCUT2D eigenvalue weighted by molar-refractivity contribution is 5.73. The average molecular weight is 299 g/mol. The van der Waals surface area contributed by atoms with E-state index in [0.29, 0.717) is 5.75 Å². The molecule has 1 aliphatic rings. The zero-order valence-corrected chi connectivity index (χ0v) is 13.7. The molecular formula is C18H21NO3. The first kappa shape index (κ1) is 14.7. The first-order valence-electron chi connectivity index (χ1n) is 7.45. The molecule has 3 rings (SSSR count). The fourth-order valence-corrected chi connectivity index (χ4v) is 3.33. The van der Waals surface area contributed by atoms with Crippen molar-refractivity contribution in [2.24, 2.45) is 0 Å². The van der Waals surface area contributed by atoms with Crippen LogP contribution in [-0.2, 0) is 13.0 Å². The van der Waals surface area contributed by atoms with E-state index in [2.05, 4.69) is 4.57 Å². The van der Waals surface area contributed by atoms with Gasteiger partial charge in [-0.15, -0.1) is 0 Å². The van der Waals surface area contributed by atoms with Crippen molar-refractivity contribution in [3.05, 3.63) is 44.7 Å². The van der Waals surface area contributed by atoms with Gasteiger partial charge in [0.25, 0.3) is 0 Å². The standard InChI is InChI=1S/C18H21NO3/c1-10-12(3)19-7-6-13-8-15(21-4)16(22-5)9-14(13)17(19)11(2)18(10)20/h8-9H,6-7H2,1-5H3. The lowest BCUT2D eigenvalue weighted by molar-refractivity contribution is 0.354. The molecule has 1 aliphatic heterocycles. The van der Waals surface area contributed by atoms with Crippen molar-refractivity contribution < 1.29 is 9.47 Å². The summed E-state index contributed by atoms with van der Waals surface area (Å²) in [6.45, 7) is 6.71. The van der Waals surface area contributed by atoms with E-state index in [1.54, 1.807) is 14.2 Å². The Morgan fingerprint density at radius 3 is 2.27 bits per heavy atom. The molecule has 0 fully saturated rings. The Hall–Kier alpha value is -2.23. The van der Waals surface area contributed by atoms with Crippen LogP contribution >= 0.6 is 0 Å². The molecule has 0 saturated heterocycles. The number of aryl methyl sites for hydroxylation is 1. The third-order valence-electron chi connectivity index (χ3n) is 4.72. The molecule has 116 valence electrons. The Labute approximate surface area is 130 Å². The molecule has 22 heavy (non-hydrogen) atoms. The summed E-state index contributed by atoms with van der Waals surface area (Å²) in [6, 6.07) is 4.01. The Kier molecular flexibility index (Phi) is 3.47. The van der Waals surface area contributed by atoms with Crippen LogP contribution in [-0.4, -0.2) is 18.8 Å². The van der Waals surface area contributed by atoms with E-state index in [9.17, 15) is 4.79 Å². The minimum Gasteiger partial charge on any atom is -0.493 e. The summed E-state index contributed by atoms with van der Waals surface area (Å²) in [5, 5.41) is 0. The van der Waals surface area contributed by atoms with Gasteiger partial charge in [0.1, 0.15) is 0 Å². The fourth-order valence-electron chi connectivity index (χ4n) is 3.33. The van der Waals surface area contributed by atoms with Crippen molar-refractivity contribution in [2.75, 3.05) is 14.2 Å². The fraction of sp³-hybridized carbons (Fsp3) is 0.389. The van der Waals surface area contributed by atoms with Crippen LogP contribution in [0.4, 0.5) is 0 Å². The second-order valence-corrected chi connectivity index (χ2v) is 5.78. The van der Waals surface area contributed by atoms with Crippen molar-refractivity contribution in [3.63, 3.8) is 0 Å². The minimum absolute atomic E-state index is 0.131. The summed E-state index contributed by atoms with van der Waals surface area (Å²) in [5.41, 5.74) is 6.10. The van der Waals surface area contributed by atoms with Crippen LogP contribution in [0.2, 0.25) is 0 Å². The van der Waals surface area contributed by atoms with Crippen LogP contribution in [0.15, 0.2) is 16.9 Å². The minimum atomic E-state index is 0.131. The maximum atomic E-state index is 12.5. The zero-order valence-electron chi connectivity index (χ0n) is 13.7. The van der Waals surface area contributed by atoms with E-state index in [1.165, 1.54) is 5.56 Å². The molecule has 4 nitrogen and oxygen atoms in total. The van der Waals surface area contributed by atoms with Crippen molar-refractivity contribution >= 4 is 0 Å². The molecule has 0 aliphatic carbocycles. The summed E-state index contributed by atoms with van der Waals surface area (Å²) in [7, 11) is 3.28. The zero-order chi connectivity index (χ0) is 16.0. The van der Waals surface area contributed by atoms with Crippen molar-refractivity contribution in [1.82, 2.24) is 4.57 Å². The number of methoxy groups -OCH3 is 2. The van der Waals surface area contributed by atoms with Crippen LogP contribution < -0.4 is 14.9 Å². The normalized spacial score (nSPS) is 12.6. The molecule has 0 unspecified atom stereocenters. The van der Waals surface area contributed by atoms with E-state index in [-0.39, 0.29) is 5.43 Å².